The van der Waals surface area contributed by atoms with Gasteiger partial charge in [0.1, 0.15) is 16.0 Å². The normalized spacial score (nSPS) is 10.4. The van der Waals surface area contributed by atoms with E-state index in [0.717, 1.165) is 11.4 Å². The molecule has 94 valence electrons. The third-order valence-corrected chi connectivity index (χ3v) is 3.18. The van der Waals surface area contributed by atoms with Gasteiger partial charge in [-0.2, -0.15) is 0 Å². The van der Waals surface area contributed by atoms with Gasteiger partial charge in [0, 0.05) is 11.9 Å². The molecule has 0 amide bonds. The maximum atomic E-state index is 9.68. The van der Waals surface area contributed by atoms with Crippen LogP contribution in [-0.2, 0) is 6.54 Å². The largest absolute Gasteiger partial charge is 0.506 e. The first-order valence-electron chi connectivity index (χ1n) is 5.26. The second kappa shape index (κ2) is 5.54. The summed E-state index contributed by atoms with van der Waals surface area (Å²) in [5, 5.41) is 13.3. The van der Waals surface area contributed by atoms with E-state index in [0.29, 0.717) is 21.9 Å². The predicted octanol–water partition coefficient (Wildman–Crippen LogP) is 3.52. The standard InChI is InChI=1S/C12H11BrClN3O/c1-7-2-3-11(18)10(17-7)6-15-9-4-8(14)5-16-12(9)13/h2-5,15,18H,6H2,1H3. The van der Waals surface area contributed by atoms with Gasteiger partial charge in [-0.15, -0.1) is 0 Å². The lowest BCUT2D eigenvalue weighted by atomic mass is 10.3. The topological polar surface area (TPSA) is 58.0 Å². The molecule has 18 heavy (non-hydrogen) atoms. The molecule has 0 aliphatic heterocycles. The SMILES string of the molecule is Cc1ccc(O)c(CNc2cc(Cl)cnc2Br)n1. The molecule has 0 radical (unpaired) electrons. The van der Waals surface area contributed by atoms with E-state index < -0.39 is 0 Å². The number of anilines is 1. The molecule has 2 heterocycles. The first-order valence-corrected chi connectivity index (χ1v) is 6.44. The van der Waals surface area contributed by atoms with E-state index >= 15 is 0 Å². The van der Waals surface area contributed by atoms with Crippen molar-refractivity contribution in [2.24, 2.45) is 0 Å². The number of pyridine rings is 2. The van der Waals surface area contributed by atoms with Gasteiger partial charge in [-0.3, -0.25) is 4.98 Å². The van der Waals surface area contributed by atoms with Gasteiger partial charge in [-0.25, -0.2) is 4.98 Å². The molecule has 0 saturated heterocycles. The van der Waals surface area contributed by atoms with E-state index in [-0.39, 0.29) is 5.75 Å². The first kappa shape index (κ1) is 13.1. The fraction of sp³-hybridized carbons (Fsp3) is 0.167. The van der Waals surface area contributed by atoms with Crippen molar-refractivity contribution in [3.05, 3.63) is 45.4 Å². The van der Waals surface area contributed by atoms with Crippen molar-refractivity contribution >= 4 is 33.2 Å². The average molecular weight is 329 g/mol. The van der Waals surface area contributed by atoms with Crippen molar-refractivity contribution in [2.75, 3.05) is 5.32 Å². The van der Waals surface area contributed by atoms with E-state index in [1.807, 2.05) is 6.92 Å². The highest BCUT2D eigenvalue weighted by Crippen LogP contribution is 2.24. The van der Waals surface area contributed by atoms with Crippen molar-refractivity contribution in [1.29, 1.82) is 0 Å². The molecular weight excluding hydrogens is 318 g/mol. The van der Waals surface area contributed by atoms with Crippen LogP contribution in [-0.4, -0.2) is 15.1 Å². The number of halogens is 2. The quantitative estimate of drug-likeness (QED) is 0.846. The first-order chi connectivity index (χ1) is 8.56. The number of hydrogen-bond acceptors (Lipinski definition) is 4. The number of aromatic nitrogens is 2. The minimum Gasteiger partial charge on any atom is -0.506 e. The zero-order valence-electron chi connectivity index (χ0n) is 9.61. The number of aromatic hydroxyl groups is 1. The Labute approximate surface area is 118 Å². The van der Waals surface area contributed by atoms with Crippen molar-refractivity contribution in [1.82, 2.24) is 9.97 Å². The highest BCUT2D eigenvalue weighted by atomic mass is 79.9. The Hall–Kier alpha value is -1.33. The maximum absolute atomic E-state index is 9.68. The Morgan fingerprint density at radius 3 is 3.00 bits per heavy atom. The third kappa shape index (κ3) is 3.11. The van der Waals surface area contributed by atoms with E-state index in [4.69, 9.17) is 11.6 Å². The van der Waals surface area contributed by atoms with Gasteiger partial charge in [0.05, 0.1) is 17.3 Å². The van der Waals surface area contributed by atoms with Crippen LogP contribution in [0.15, 0.2) is 29.0 Å². The lowest BCUT2D eigenvalue weighted by Crippen LogP contribution is -2.04. The summed E-state index contributed by atoms with van der Waals surface area (Å²) in [5.74, 6) is 0.166. The summed E-state index contributed by atoms with van der Waals surface area (Å²) in [5.41, 5.74) is 2.19. The predicted molar refractivity (Wildman–Crippen MR) is 74.9 cm³/mol. The summed E-state index contributed by atoms with van der Waals surface area (Å²) in [7, 11) is 0. The number of nitrogens with one attached hydrogen (secondary N) is 1. The number of aryl methyl sites for hydroxylation is 1. The van der Waals surface area contributed by atoms with Crippen LogP contribution >= 0.6 is 27.5 Å². The van der Waals surface area contributed by atoms with Crippen LogP contribution in [0.1, 0.15) is 11.4 Å². The summed E-state index contributed by atoms with van der Waals surface area (Å²) in [4.78, 5) is 8.33. The molecule has 0 aromatic carbocycles. The minimum atomic E-state index is 0.166. The van der Waals surface area contributed by atoms with Crippen LogP contribution < -0.4 is 5.32 Å². The zero-order valence-corrected chi connectivity index (χ0v) is 12.0. The molecule has 0 unspecified atom stereocenters. The molecule has 6 heteroatoms. The molecule has 0 atom stereocenters. The summed E-state index contributed by atoms with van der Waals surface area (Å²) >= 11 is 9.19. The number of hydrogen-bond donors (Lipinski definition) is 2. The molecule has 2 N–H and O–H groups in total. The van der Waals surface area contributed by atoms with Gasteiger partial charge in [-0.1, -0.05) is 11.6 Å². The molecule has 0 bridgehead atoms. The van der Waals surface area contributed by atoms with Gasteiger partial charge in [0.15, 0.2) is 0 Å². The lowest BCUT2D eigenvalue weighted by Gasteiger charge is -2.09. The Bertz CT molecular complexity index is 526. The summed E-state index contributed by atoms with van der Waals surface area (Å²) < 4.78 is 0.666. The second-order valence-electron chi connectivity index (χ2n) is 3.76. The fourth-order valence-corrected chi connectivity index (χ4v) is 1.97. The van der Waals surface area contributed by atoms with Gasteiger partial charge >= 0.3 is 0 Å². The minimum absolute atomic E-state index is 0.166. The smallest absolute Gasteiger partial charge is 0.138 e. The van der Waals surface area contributed by atoms with E-state index in [1.54, 1.807) is 24.4 Å². The molecule has 2 rings (SSSR count). The van der Waals surface area contributed by atoms with Gasteiger partial charge in [0.25, 0.3) is 0 Å². The lowest BCUT2D eigenvalue weighted by molar-refractivity contribution is 0.464. The van der Waals surface area contributed by atoms with Crippen LogP contribution in [0.2, 0.25) is 5.02 Å². The Morgan fingerprint density at radius 2 is 2.22 bits per heavy atom. The molecule has 0 saturated carbocycles. The molecule has 2 aromatic heterocycles. The number of rotatable bonds is 3. The molecule has 0 spiro atoms. The monoisotopic (exact) mass is 327 g/mol. The molecule has 4 nitrogen and oxygen atoms in total. The highest BCUT2D eigenvalue weighted by Gasteiger charge is 2.06. The van der Waals surface area contributed by atoms with Crippen molar-refractivity contribution < 1.29 is 5.11 Å². The molecule has 0 aliphatic carbocycles. The van der Waals surface area contributed by atoms with Gasteiger partial charge < -0.3 is 10.4 Å². The van der Waals surface area contributed by atoms with Crippen LogP contribution in [0.5, 0.6) is 5.75 Å². The maximum Gasteiger partial charge on any atom is 0.138 e. The van der Waals surface area contributed by atoms with E-state index in [1.165, 1.54) is 0 Å². The summed E-state index contributed by atoms with van der Waals surface area (Å²) in [6.07, 6.45) is 1.55. The zero-order chi connectivity index (χ0) is 13.1. The van der Waals surface area contributed by atoms with Crippen LogP contribution in [0.25, 0.3) is 0 Å². The van der Waals surface area contributed by atoms with Crippen LogP contribution in [0.3, 0.4) is 0 Å². The molecular formula is C12H11BrClN3O. The Kier molecular flexibility index (Phi) is 4.04. The summed E-state index contributed by atoms with van der Waals surface area (Å²) in [6, 6.07) is 5.14. The molecule has 2 aromatic rings. The van der Waals surface area contributed by atoms with Crippen LogP contribution in [0, 0.1) is 6.92 Å². The van der Waals surface area contributed by atoms with E-state index in [2.05, 4.69) is 31.2 Å². The highest BCUT2D eigenvalue weighted by molar-refractivity contribution is 9.10. The van der Waals surface area contributed by atoms with Crippen molar-refractivity contribution in [2.45, 2.75) is 13.5 Å². The third-order valence-electron chi connectivity index (χ3n) is 2.34. The summed E-state index contributed by atoms with van der Waals surface area (Å²) in [6.45, 7) is 2.27. The Morgan fingerprint density at radius 1 is 1.44 bits per heavy atom. The number of nitrogens with zero attached hydrogens (tertiary/aromatic N) is 2. The fourth-order valence-electron chi connectivity index (χ4n) is 1.46. The van der Waals surface area contributed by atoms with Crippen molar-refractivity contribution in [3.8, 4) is 5.75 Å². The molecule has 0 aliphatic rings. The van der Waals surface area contributed by atoms with Gasteiger partial charge in [-0.05, 0) is 41.1 Å². The van der Waals surface area contributed by atoms with Gasteiger partial charge in [0.2, 0.25) is 0 Å². The van der Waals surface area contributed by atoms with Crippen LogP contribution in [0.4, 0.5) is 5.69 Å². The average Bonchev–Trinajstić information content (AvgIpc) is 2.34. The molecule has 0 fully saturated rings. The second-order valence-corrected chi connectivity index (χ2v) is 4.95. The van der Waals surface area contributed by atoms with Crippen molar-refractivity contribution in [3.63, 3.8) is 0 Å². The van der Waals surface area contributed by atoms with E-state index in [9.17, 15) is 5.11 Å². The Balaban J connectivity index is 2.16.